The summed E-state index contributed by atoms with van der Waals surface area (Å²) in [7, 11) is 0. The molecule has 214 valence electrons. The summed E-state index contributed by atoms with van der Waals surface area (Å²) >= 11 is 1.41. The molecule has 2 N–H and O–H groups in total. The van der Waals surface area contributed by atoms with Gasteiger partial charge < -0.3 is 15.0 Å². The second-order valence-corrected chi connectivity index (χ2v) is 12.0. The first-order valence-electron chi connectivity index (χ1n) is 14.2. The minimum absolute atomic E-state index is 0.0816. The number of hydrogen-bond donors (Lipinski definition) is 2. The highest BCUT2D eigenvalue weighted by Crippen LogP contribution is 2.42. The maximum Gasteiger partial charge on any atom is 0.319 e. The van der Waals surface area contributed by atoms with Crippen LogP contribution in [0.2, 0.25) is 0 Å². The van der Waals surface area contributed by atoms with Crippen molar-refractivity contribution in [1.29, 1.82) is 0 Å². The molecule has 4 saturated heterocycles. The normalized spacial score (nSPS) is 22.1. The summed E-state index contributed by atoms with van der Waals surface area (Å²) in [5.74, 6) is -0.254. The molecule has 5 heterocycles. The molecule has 0 bridgehead atoms. The van der Waals surface area contributed by atoms with Crippen LogP contribution < -0.4 is 10.6 Å². The number of ether oxygens (including phenoxy) is 1. The number of hydrogen-bond acceptors (Lipinski definition) is 7. The molecule has 0 atom stereocenters. The fourth-order valence-corrected chi connectivity index (χ4v) is 7.74. The van der Waals surface area contributed by atoms with E-state index in [1.54, 1.807) is 10.0 Å². The molecular weight excluding hydrogens is 532 g/mol. The Labute approximate surface area is 237 Å². The Morgan fingerprint density at radius 3 is 2.42 bits per heavy atom. The zero-order chi connectivity index (χ0) is 27.9. The molecule has 0 saturated carbocycles. The Kier molecular flexibility index (Phi) is 7.41. The molecule has 12 heteroatoms. The van der Waals surface area contributed by atoms with E-state index < -0.39 is 5.41 Å². The number of thiophene rings is 1. The van der Waals surface area contributed by atoms with Crippen LogP contribution in [0.5, 0.6) is 0 Å². The lowest BCUT2D eigenvalue weighted by atomic mass is 9.78. The van der Waals surface area contributed by atoms with Crippen molar-refractivity contribution in [2.45, 2.75) is 38.6 Å². The van der Waals surface area contributed by atoms with Gasteiger partial charge in [0.05, 0.1) is 31.9 Å². The number of piperidine rings is 2. The molecule has 40 heavy (non-hydrogen) atoms. The number of carbonyl (C=O) groups excluding carboxylic acids is 4. The highest BCUT2D eigenvalue weighted by molar-refractivity contribution is 7.23. The Balaban J connectivity index is 1.15. The molecule has 4 fully saturated rings. The minimum Gasteiger partial charge on any atom is -0.378 e. The minimum atomic E-state index is -1.00. The third-order valence-electron chi connectivity index (χ3n) is 8.64. The monoisotopic (exact) mass is 568 g/mol. The Morgan fingerprint density at radius 1 is 1.02 bits per heavy atom. The van der Waals surface area contributed by atoms with E-state index in [1.165, 1.54) is 11.3 Å². The standard InChI is InChI=1S/C28H36N6O5S/c1-2-29-27(38)30-23-22(20-6-3-4-7-21(20)40-23)24(35)31-12-8-19(9-13-31)32-11-5-10-28(18-32)25(36)33-14-16-39-17-15-34(33)26(28)37/h3-4,6-7,19H,2,5,8-18H2,1H3,(H2,29,30,38). The van der Waals surface area contributed by atoms with E-state index >= 15 is 0 Å². The van der Waals surface area contributed by atoms with Crippen molar-refractivity contribution in [3.63, 3.8) is 0 Å². The van der Waals surface area contributed by atoms with Crippen LogP contribution in [0.1, 0.15) is 43.0 Å². The van der Waals surface area contributed by atoms with E-state index in [0.717, 1.165) is 35.9 Å². The Bertz CT molecular complexity index is 1300. The third-order valence-corrected chi connectivity index (χ3v) is 9.72. The molecule has 1 aromatic heterocycles. The van der Waals surface area contributed by atoms with Crippen molar-refractivity contribution < 1.29 is 23.9 Å². The lowest BCUT2D eigenvalue weighted by Crippen LogP contribution is -2.56. The van der Waals surface area contributed by atoms with Crippen LogP contribution in [0.25, 0.3) is 10.1 Å². The highest BCUT2D eigenvalue weighted by Gasteiger charge is 2.60. The molecule has 4 aliphatic heterocycles. The average molecular weight is 569 g/mol. The molecule has 6 rings (SSSR count). The van der Waals surface area contributed by atoms with E-state index in [9.17, 15) is 19.2 Å². The molecule has 0 unspecified atom stereocenters. The van der Waals surface area contributed by atoms with Gasteiger partial charge in [-0.2, -0.15) is 0 Å². The number of nitrogens with zero attached hydrogens (tertiary/aromatic N) is 4. The van der Waals surface area contributed by atoms with Gasteiger partial charge in [0.25, 0.3) is 17.7 Å². The van der Waals surface area contributed by atoms with Gasteiger partial charge in [-0.3, -0.25) is 24.6 Å². The SMILES string of the molecule is CCNC(=O)Nc1sc2ccccc2c1C(=O)N1CCC(N2CCCC3(C2)C(=O)N2CCOCCN2C3=O)CC1. The summed E-state index contributed by atoms with van der Waals surface area (Å²) in [5, 5.41) is 10.2. The van der Waals surface area contributed by atoms with E-state index in [0.29, 0.717) is 69.5 Å². The van der Waals surface area contributed by atoms with Crippen LogP contribution in [0, 0.1) is 5.41 Å². The molecule has 0 radical (unpaired) electrons. The number of likely N-dealkylation sites (tertiary alicyclic amines) is 2. The number of nitrogens with one attached hydrogen (secondary N) is 2. The first-order valence-corrected chi connectivity index (χ1v) is 15.1. The van der Waals surface area contributed by atoms with Crippen LogP contribution in [-0.4, -0.2) is 109 Å². The van der Waals surface area contributed by atoms with E-state index in [4.69, 9.17) is 4.74 Å². The smallest absolute Gasteiger partial charge is 0.319 e. The van der Waals surface area contributed by atoms with Gasteiger partial charge in [0.15, 0.2) is 0 Å². The summed E-state index contributed by atoms with van der Waals surface area (Å²) in [6.07, 6.45) is 2.92. The summed E-state index contributed by atoms with van der Waals surface area (Å²) in [5.41, 5.74) is -0.465. The maximum atomic E-state index is 13.8. The highest BCUT2D eigenvalue weighted by atomic mass is 32.1. The number of urea groups is 1. The quantitative estimate of drug-likeness (QED) is 0.548. The maximum absolute atomic E-state index is 13.8. The van der Waals surface area contributed by atoms with E-state index in [-0.39, 0.29) is 29.8 Å². The van der Waals surface area contributed by atoms with E-state index in [1.807, 2.05) is 36.1 Å². The topological polar surface area (TPSA) is 115 Å². The summed E-state index contributed by atoms with van der Waals surface area (Å²) in [4.78, 5) is 57.4. The average Bonchev–Trinajstić information content (AvgIpc) is 3.26. The number of anilines is 1. The van der Waals surface area contributed by atoms with Gasteiger partial charge >= 0.3 is 6.03 Å². The van der Waals surface area contributed by atoms with Gasteiger partial charge in [0, 0.05) is 42.3 Å². The lowest BCUT2D eigenvalue weighted by molar-refractivity contribution is -0.145. The Hall–Kier alpha value is -3.22. The number of hydrazine groups is 1. The Morgan fingerprint density at radius 2 is 1.73 bits per heavy atom. The lowest BCUT2D eigenvalue weighted by Gasteiger charge is -2.44. The summed E-state index contributed by atoms with van der Waals surface area (Å²) < 4.78 is 6.43. The van der Waals surface area contributed by atoms with E-state index in [2.05, 4.69) is 15.5 Å². The second kappa shape index (κ2) is 11.0. The van der Waals surface area contributed by atoms with Crippen LogP contribution in [0.3, 0.4) is 0 Å². The molecule has 5 amide bonds. The number of fused-ring (bicyclic) bond motifs is 2. The number of carbonyl (C=O) groups is 4. The fraction of sp³-hybridized carbons (Fsp3) is 0.571. The molecule has 2 aromatic rings. The van der Waals surface area contributed by atoms with Gasteiger partial charge in [-0.25, -0.2) is 14.8 Å². The molecule has 4 aliphatic rings. The zero-order valence-electron chi connectivity index (χ0n) is 22.8. The molecular formula is C28H36N6O5S. The second-order valence-electron chi connectivity index (χ2n) is 10.9. The van der Waals surface area contributed by atoms with Crippen LogP contribution in [-0.2, 0) is 14.3 Å². The molecule has 1 aromatic carbocycles. The van der Waals surface area contributed by atoms with Crippen molar-refractivity contribution in [1.82, 2.24) is 25.1 Å². The summed E-state index contributed by atoms with van der Waals surface area (Å²) in [6.45, 7) is 6.51. The summed E-state index contributed by atoms with van der Waals surface area (Å²) in [6, 6.07) is 7.60. The van der Waals surface area contributed by atoms with Crippen molar-refractivity contribution in [2.24, 2.45) is 5.41 Å². The molecule has 0 aliphatic carbocycles. The van der Waals surface area contributed by atoms with Gasteiger partial charge in [0.1, 0.15) is 10.4 Å². The fourth-order valence-electron chi connectivity index (χ4n) is 6.65. The number of amides is 5. The number of benzene rings is 1. The van der Waals surface area contributed by atoms with Gasteiger partial charge in [-0.1, -0.05) is 18.2 Å². The largest absolute Gasteiger partial charge is 0.378 e. The van der Waals surface area contributed by atoms with Gasteiger partial charge in [0.2, 0.25) is 0 Å². The first-order chi connectivity index (χ1) is 19.4. The van der Waals surface area contributed by atoms with Crippen LogP contribution in [0.15, 0.2) is 24.3 Å². The first kappa shape index (κ1) is 27.0. The molecule has 11 nitrogen and oxygen atoms in total. The number of rotatable bonds is 4. The predicted octanol–water partition coefficient (Wildman–Crippen LogP) is 2.35. The van der Waals surface area contributed by atoms with Gasteiger partial charge in [-0.15, -0.1) is 11.3 Å². The predicted molar refractivity (Wildman–Crippen MR) is 151 cm³/mol. The van der Waals surface area contributed by atoms with Gasteiger partial charge in [-0.05, 0) is 45.2 Å². The van der Waals surface area contributed by atoms with Crippen molar-refractivity contribution >= 4 is 50.2 Å². The van der Waals surface area contributed by atoms with Crippen LogP contribution in [0.4, 0.5) is 9.80 Å². The van der Waals surface area contributed by atoms with Crippen LogP contribution >= 0.6 is 11.3 Å². The van der Waals surface area contributed by atoms with Crippen molar-refractivity contribution in [3.8, 4) is 0 Å². The van der Waals surface area contributed by atoms with Crippen molar-refractivity contribution in [2.75, 3.05) is 64.3 Å². The zero-order valence-corrected chi connectivity index (χ0v) is 23.6. The molecule has 1 spiro atoms. The van der Waals surface area contributed by atoms with Crippen molar-refractivity contribution in [3.05, 3.63) is 29.8 Å². The third kappa shape index (κ3) is 4.61.